The van der Waals surface area contributed by atoms with Crippen LogP contribution in [0.2, 0.25) is 0 Å². The maximum atomic E-state index is 13.4. The Hall–Kier alpha value is -3.43. The van der Waals surface area contributed by atoms with Crippen LogP contribution in [0.3, 0.4) is 0 Å². The average molecular weight is 802 g/mol. The molecule has 1 aliphatic heterocycles. The van der Waals surface area contributed by atoms with Crippen LogP contribution >= 0.6 is 0 Å². The summed E-state index contributed by atoms with van der Waals surface area (Å²) in [7, 11) is 0. The van der Waals surface area contributed by atoms with Gasteiger partial charge >= 0.3 is 0 Å². The lowest BCUT2D eigenvalue weighted by atomic mass is 9.93. The van der Waals surface area contributed by atoms with Crippen LogP contribution in [0, 0.1) is 24.5 Å². The molecular weight excluding hydrogens is 731 g/mol. The van der Waals surface area contributed by atoms with E-state index in [0.717, 1.165) is 82.1 Å². The summed E-state index contributed by atoms with van der Waals surface area (Å²) in [5, 5.41) is 15.8. The standard InChI is InChI=1S/C42H71N7O8/c1-3-5-6-7-8-9-10-11-12-15-18-21-24-35(45-52)30-36(32-56-42-41(48-55)40(47-54)39(46-53)37(57-42)31-44-51)49(43)38(50)25-22-19-16-13-14-17-20-23-34-28-26-33(4-2)27-29-34/h26-29,35-37,39-42H,3-25,30-32,43H2,1-2H3/t35-,36-,37?,39+,40+,41?,42+/m1/s1. The van der Waals surface area contributed by atoms with Crippen LogP contribution in [0.1, 0.15) is 166 Å². The summed E-state index contributed by atoms with van der Waals surface area (Å²) in [4.78, 5) is 71.4. The molecule has 15 heteroatoms. The third kappa shape index (κ3) is 19.7. The Morgan fingerprint density at radius 3 is 1.75 bits per heavy atom. The van der Waals surface area contributed by atoms with Gasteiger partial charge < -0.3 is 9.47 Å². The summed E-state index contributed by atoms with van der Waals surface area (Å²) in [5.41, 5.74) is 2.73. The largest absolute Gasteiger partial charge is 0.348 e. The maximum Gasteiger partial charge on any atom is 0.236 e. The molecule has 0 saturated carbocycles. The molecule has 2 unspecified atom stereocenters. The van der Waals surface area contributed by atoms with Gasteiger partial charge in [-0.1, -0.05) is 173 Å². The highest BCUT2D eigenvalue weighted by atomic mass is 16.7. The van der Waals surface area contributed by atoms with Crippen LogP contribution in [-0.4, -0.2) is 66.7 Å². The number of hydrogen-bond acceptors (Lipinski definition) is 14. The first-order chi connectivity index (χ1) is 27.9. The predicted octanol–water partition coefficient (Wildman–Crippen LogP) is 10.5. The van der Waals surface area contributed by atoms with E-state index in [2.05, 4.69) is 64.0 Å². The molecule has 1 aromatic rings. The van der Waals surface area contributed by atoms with Crippen LogP contribution in [0.25, 0.3) is 0 Å². The number of nitroso groups, excluding NO2 is 5. The number of aryl methyl sites for hydroxylation is 2. The summed E-state index contributed by atoms with van der Waals surface area (Å²) < 4.78 is 11.6. The van der Waals surface area contributed by atoms with E-state index in [-0.39, 0.29) is 25.4 Å². The lowest BCUT2D eigenvalue weighted by Gasteiger charge is -2.38. The number of rotatable bonds is 36. The van der Waals surface area contributed by atoms with Crippen LogP contribution in [0.5, 0.6) is 0 Å². The molecule has 0 aliphatic carbocycles. The number of nitrogens with zero attached hydrogens (tertiary/aromatic N) is 6. The van der Waals surface area contributed by atoms with Gasteiger partial charge in [0.1, 0.15) is 18.7 Å². The van der Waals surface area contributed by atoms with Crippen molar-refractivity contribution in [3.8, 4) is 0 Å². The lowest BCUT2D eigenvalue weighted by Crippen LogP contribution is -2.57. The zero-order valence-electron chi connectivity index (χ0n) is 34.8. The van der Waals surface area contributed by atoms with Crippen molar-refractivity contribution >= 4 is 5.91 Å². The highest BCUT2D eigenvalue weighted by Gasteiger charge is 2.50. The van der Waals surface area contributed by atoms with Gasteiger partial charge in [-0.15, -0.1) is 0 Å². The molecule has 0 spiro atoms. The second kappa shape index (κ2) is 31.5. The maximum absolute atomic E-state index is 13.4. The Kier molecular flexibility index (Phi) is 27.5. The molecule has 2 N–H and O–H groups in total. The molecular formula is C42H71N7O8. The Morgan fingerprint density at radius 1 is 0.702 bits per heavy atom. The Morgan fingerprint density at radius 2 is 1.23 bits per heavy atom. The molecule has 1 aliphatic rings. The SMILES string of the molecule is CCCCCCCCCCCCCC[C@H](C[C@H](CO[C@H]1OC(CN=O)[C@H](N=O)[C@H](N=O)C1N=O)N(N)C(=O)CCCCCCCCCc1ccc(CC)cc1)N=O. The molecule has 322 valence electrons. The van der Waals surface area contributed by atoms with Gasteiger partial charge in [-0.25, -0.2) is 5.84 Å². The lowest BCUT2D eigenvalue weighted by molar-refractivity contribution is -0.214. The molecule has 15 nitrogen and oxygen atoms in total. The molecule has 1 saturated heterocycles. The van der Waals surface area contributed by atoms with Crippen molar-refractivity contribution in [3.05, 3.63) is 59.9 Å². The van der Waals surface area contributed by atoms with Crippen LogP contribution < -0.4 is 5.84 Å². The first kappa shape index (κ1) is 49.7. The third-order valence-electron chi connectivity index (χ3n) is 11.3. The molecule has 1 heterocycles. The van der Waals surface area contributed by atoms with E-state index in [1.54, 1.807) is 0 Å². The van der Waals surface area contributed by atoms with Crippen molar-refractivity contribution in [1.29, 1.82) is 0 Å². The molecule has 2 rings (SSSR count). The number of benzene rings is 1. The topological polar surface area (TPSA) is 212 Å². The fourth-order valence-electron chi connectivity index (χ4n) is 7.63. The number of nitrogens with two attached hydrogens (primary N) is 1. The minimum atomic E-state index is -1.55. The molecule has 0 aromatic heterocycles. The second-order valence-corrected chi connectivity index (χ2v) is 15.7. The van der Waals surface area contributed by atoms with Gasteiger partial charge in [0.2, 0.25) is 5.91 Å². The molecule has 1 aromatic carbocycles. The van der Waals surface area contributed by atoms with Crippen molar-refractivity contribution in [3.63, 3.8) is 0 Å². The molecule has 7 atom stereocenters. The van der Waals surface area contributed by atoms with Crippen LogP contribution in [0.15, 0.2) is 50.1 Å². The smallest absolute Gasteiger partial charge is 0.236 e. The van der Waals surface area contributed by atoms with Gasteiger partial charge in [0.15, 0.2) is 18.4 Å². The Bertz CT molecular complexity index is 1260. The van der Waals surface area contributed by atoms with Crippen molar-refractivity contribution in [1.82, 2.24) is 5.01 Å². The number of unbranched alkanes of at least 4 members (excludes halogenated alkanes) is 17. The monoisotopic (exact) mass is 802 g/mol. The van der Waals surface area contributed by atoms with E-state index in [1.165, 1.54) is 62.5 Å². The summed E-state index contributed by atoms with van der Waals surface area (Å²) >= 11 is 0. The fourth-order valence-corrected chi connectivity index (χ4v) is 7.63. The highest BCUT2D eigenvalue weighted by molar-refractivity contribution is 5.75. The van der Waals surface area contributed by atoms with Gasteiger partial charge in [-0.3, -0.25) is 9.80 Å². The van der Waals surface area contributed by atoms with Crippen LogP contribution in [0.4, 0.5) is 0 Å². The summed E-state index contributed by atoms with van der Waals surface area (Å²) in [5.74, 6) is 6.07. The second-order valence-electron chi connectivity index (χ2n) is 15.7. The fraction of sp³-hybridized carbons (Fsp3) is 0.833. The van der Waals surface area contributed by atoms with Crippen molar-refractivity contribution in [2.75, 3.05) is 13.2 Å². The average Bonchev–Trinajstić information content (AvgIpc) is 3.23. The van der Waals surface area contributed by atoms with Crippen LogP contribution in [-0.2, 0) is 27.1 Å². The van der Waals surface area contributed by atoms with E-state index in [4.69, 9.17) is 15.3 Å². The molecule has 1 amide bonds. The molecule has 57 heavy (non-hydrogen) atoms. The van der Waals surface area contributed by atoms with E-state index < -0.39 is 49.1 Å². The van der Waals surface area contributed by atoms with Gasteiger partial charge in [0.05, 0.1) is 18.7 Å². The van der Waals surface area contributed by atoms with E-state index >= 15 is 0 Å². The number of carbonyl (C=O) groups excluding carboxylic acids is 1. The quantitative estimate of drug-likeness (QED) is 0.0224. The Labute approximate surface area is 339 Å². The van der Waals surface area contributed by atoms with Gasteiger partial charge in [-0.05, 0) is 49.7 Å². The van der Waals surface area contributed by atoms with Crippen molar-refractivity contribution in [2.45, 2.75) is 211 Å². The number of amides is 1. The minimum absolute atomic E-state index is 0.103. The molecule has 0 radical (unpaired) electrons. The molecule has 1 fully saturated rings. The zero-order valence-corrected chi connectivity index (χ0v) is 34.8. The first-order valence-corrected chi connectivity index (χ1v) is 21.9. The van der Waals surface area contributed by atoms with E-state index in [9.17, 15) is 29.3 Å². The van der Waals surface area contributed by atoms with Crippen molar-refractivity contribution < 1.29 is 14.3 Å². The minimum Gasteiger partial charge on any atom is -0.348 e. The predicted molar refractivity (Wildman–Crippen MR) is 225 cm³/mol. The van der Waals surface area contributed by atoms with Gasteiger partial charge in [-0.2, -0.15) is 24.5 Å². The number of carbonyl (C=O) groups is 1. The normalized spacial score (nSPS) is 20.4. The highest BCUT2D eigenvalue weighted by Crippen LogP contribution is 2.30. The first-order valence-electron chi connectivity index (χ1n) is 21.9. The zero-order chi connectivity index (χ0) is 41.5. The number of hydrogen-bond donors (Lipinski definition) is 1. The number of hydrazine groups is 1. The number of ether oxygens (including phenoxy) is 2. The van der Waals surface area contributed by atoms with E-state index in [0.29, 0.717) is 12.8 Å². The summed E-state index contributed by atoms with van der Waals surface area (Å²) in [6.45, 7) is 3.55. The van der Waals surface area contributed by atoms with Gasteiger partial charge in [0, 0.05) is 6.42 Å². The van der Waals surface area contributed by atoms with E-state index in [1.807, 2.05) is 0 Å². The molecule has 0 bridgehead atoms. The summed E-state index contributed by atoms with van der Waals surface area (Å²) in [6, 6.07) is 2.79. The summed E-state index contributed by atoms with van der Waals surface area (Å²) in [6.07, 6.45) is 21.4. The van der Waals surface area contributed by atoms with Gasteiger partial charge in [0.25, 0.3) is 0 Å². The Balaban J connectivity index is 1.89. The van der Waals surface area contributed by atoms with Crippen molar-refractivity contribution in [2.24, 2.45) is 31.7 Å². The third-order valence-corrected chi connectivity index (χ3v) is 11.3.